The predicted octanol–water partition coefficient (Wildman–Crippen LogP) is 3.52. The minimum absolute atomic E-state index is 0.0871. The molecule has 1 unspecified atom stereocenters. The van der Waals surface area contributed by atoms with E-state index in [0.717, 1.165) is 11.1 Å². The zero-order chi connectivity index (χ0) is 17.4. The fraction of sp³-hybridized carbons (Fsp3) is 0.316. The van der Waals surface area contributed by atoms with Gasteiger partial charge in [0, 0.05) is 13.2 Å². The third-order valence-corrected chi connectivity index (χ3v) is 3.96. The van der Waals surface area contributed by atoms with Crippen LogP contribution in [0.15, 0.2) is 48.5 Å². The molecule has 2 rings (SSSR count). The molecule has 0 radical (unpaired) electrons. The van der Waals surface area contributed by atoms with Gasteiger partial charge in [-0.05, 0) is 35.6 Å². The number of carbonyl (C=O) groups is 1. The number of amides is 1. The van der Waals surface area contributed by atoms with Crippen LogP contribution in [0.25, 0.3) is 11.1 Å². The highest BCUT2D eigenvalue weighted by Crippen LogP contribution is 2.30. The quantitative estimate of drug-likeness (QED) is 0.768. The van der Waals surface area contributed by atoms with Crippen molar-refractivity contribution < 1.29 is 14.6 Å². The molecule has 0 aromatic heterocycles. The SMILES string of the molecule is CC(CCO)CNC(=O)COc1ccc(-c2ccccc2)cc1Cl. The van der Waals surface area contributed by atoms with Gasteiger partial charge >= 0.3 is 0 Å². The Hall–Kier alpha value is -2.04. The van der Waals surface area contributed by atoms with Crippen LogP contribution < -0.4 is 10.1 Å². The average molecular weight is 348 g/mol. The first kappa shape index (κ1) is 18.3. The Bertz CT molecular complexity index is 661. The minimum atomic E-state index is -0.206. The Labute approximate surface area is 147 Å². The maximum Gasteiger partial charge on any atom is 0.257 e. The first-order chi connectivity index (χ1) is 11.6. The topological polar surface area (TPSA) is 58.6 Å². The summed E-state index contributed by atoms with van der Waals surface area (Å²) in [5.74, 6) is 0.505. The van der Waals surface area contributed by atoms with E-state index in [4.69, 9.17) is 21.4 Å². The number of aliphatic hydroxyl groups excluding tert-OH is 1. The van der Waals surface area contributed by atoms with E-state index in [2.05, 4.69) is 5.32 Å². The van der Waals surface area contributed by atoms with E-state index in [0.29, 0.717) is 23.7 Å². The van der Waals surface area contributed by atoms with Crippen molar-refractivity contribution in [2.75, 3.05) is 19.8 Å². The number of ether oxygens (including phenoxy) is 1. The van der Waals surface area contributed by atoms with E-state index in [1.807, 2.05) is 49.4 Å². The lowest BCUT2D eigenvalue weighted by molar-refractivity contribution is -0.123. The number of carbonyl (C=O) groups excluding carboxylic acids is 1. The van der Waals surface area contributed by atoms with Gasteiger partial charge in [0.1, 0.15) is 5.75 Å². The Morgan fingerprint density at radius 2 is 1.96 bits per heavy atom. The van der Waals surface area contributed by atoms with Crippen LogP contribution in [0.5, 0.6) is 5.75 Å². The van der Waals surface area contributed by atoms with Crippen molar-refractivity contribution in [1.82, 2.24) is 5.32 Å². The largest absolute Gasteiger partial charge is 0.482 e. The van der Waals surface area contributed by atoms with Gasteiger partial charge in [0.25, 0.3) is 5.91 Å². The molecule has 0 spiro atoms. The van der Waals surface area contributed by atoms with Crippen molar-refractivity contribution in [2.24, 2.45) is 5.92 Å². The zero-order valence-corrected chi connectivity index (χ0v) is 14.4. The molecule has 128 valence electrons. The molecule has 1 amide bonds. The summed E-state index contributed by atoms with van der Waals surface area (Å²) in [5, 5.41) is 12.1. The molecule has 24 heavy (non-hydrogen) atoms. The van der Waals surface area contributed by atoms with Crippen molar-refractivity contribution in [3.63, 3.8) is 0 Å². The van der Waals surface area contributed by atoms with Crippen LogP contribution in [-0.2, 0) is 4.79 Å². The molecule has 2 aromatic rings. The number of hydrogen-bond acceptors (Lipinski definition) is 3. The van der Waals surface area contributed by atoms with Gasteiger partial charge in [0.05, 0.1) is 5.02 Å². The molecular weight excluding hydrogens is 326 g/mol. The first-order valence-electron chi connectivity index (χ1n) is 7.95. The third kappa shape index (κ3) is 5.55. The second kappa shape index (κ2) is 9.30. The van der Waals surface area contributed by atoms with Crippen LogP contribution in [0.1, 0.15) is 13.3 Å². The van der Waals surface area contributed by atoms with Gasteiger partial charge in [0.2, 0.25) is 0 Å². The highest BCUT2D eigenvalue weighted by molar-refractivity contribution is 6.32. The van der Waals surface area contributed by atoms with Crippen molar-refractivity contribution in [2.45, 2.75) is 13.3 Å². The number of halogens is 1. The summed E-state index contributed by atoms with van der Waals surface area (Å²) in [6.07, 6.45) is 0.661. The molecular formula is C19H22ClNO3. The molecule has 0 aliphatic rings. The summed E-state index contributed by atoms with van der Waals surface area (Å²) < 4.78 is 5.49. The van der Waals surface area contributed by atoms with Crippen molar-refractivity contribution in [3.8, 4) is 16.9 Å². The third-order valence-electron chi connectivity index (χ3n) is 3.67. The standard InChI is InChI=1S/C19H22ClNO3/c1-14(9-10-22)12-21-19(23)13-24-18-8-7-16(11-17(18)20)15-5-3-2-4-6-15/h2-8,11,14,22H,9-10,12-13H2,1H3,(H,21,23). The Kier molecular flexibility index (Phi) is 7.09. The highest BCUT2D eigenvalue weighted by atomic mass is 35.5. The fourth-order valence-electron chi connectivity index (χ4n) is 2.23. The molecule has 0 saturated carbocycles. The second-order valence-corrected chi connectivity index (χ2v) is 6.13. The maximum atomic E-state index is 11.8. The minimum Gasteiger partial charge on any atom is -0.482 e. The maximum absolute atomic E-state index is 11.8. The van der Waals surface area contributed by atoms with Crippen LogP contribution in [0.4, 0.5) is 0 Å². The number of aliphatic hydroxyl groups is 1. The van der Waals surface area contributed by atoms with E-state index in [1.54, 1.807) is 6.07 Å². The molecule has 0 fully saturated rings. The summed E-state index contributed by atoms with van der Waals surface area (Å²) in [4.78, 5) is 11.8. The number of rotatable bonds is 8. The summed E-state index contributed by atoms with van der Waals surface area (Å²) in [6, 6.07) is 15.4. The first-order valence-corrected chi connectivity index (χ1v) is 8.33. The zero-order valence-electron chi connectivity index (χ0n) is 13.7. The van der Waals surface area contributed by atoms with Gasteiger partial charge in [-0.3, -0.25) is 4.79 Å². The summed E-state index contributed by atoms with van der Waals surface area (Å²) in [7, 11) is 0. The van der Waals surface area contributed by atoms with Crippen molar-refractivity contribution >= 4 is 17.5 Å². The van der Waals surface area contributed by atoms with Crippen molar-refractivity contribution in [1.29, 1.82) is 0 Å². The van der Waals surface area contributed by atoms with Gasteiger partial charge in [-0.1, -0.05) is 54.9 Å². The molecule has 1 atom stereocenters. The predicted molar refractivity (Wildman–Crippen MR) is 96.3 cm³/mol. The second-order valence-electron chi connectivity index (χ2n) is 5.72. The summed E-state index contributed by atoms with van der Waals surface area (Å²) in [5.41, 5.74) is 2.07. The lowest BCUT2D eigenvalue weighted by atomic mass is 10.1. The number of nitrogens with one attached hydrogen (secondary N) is 1. The molecule has 0 heterocycles. The average Bonchev–Trinajstić information content (AvgIpc) is 2.60. The van der Waals surface area contributed by atoms with Crippen molar-refractivity contribution in [3.05, 3.63) is 53.6 Å². The van der Waals surface area contributed by atoms with Gasteiger partial charge in [-0.25, -0.2) is 0 Å². The Morgan fingerprint density at radius 1 is 1.21 bits per heavy atom. The molecule has 5 heteroatoms. The lowest BCUT2D eigenvalue weighted by Gasteiger charge is -2.12. The van der Waals surface area contributed by atoms with Crippen LogP contribution in [0.2, 0.25) is 5.02 Å². The highest BCUT2D eigenvalue weighted by Gasteiger charge is 2.09. The fourth-order valence-corrected chi connectivity index (χ4v) is 2.47. The van der Waals surface area contributed by atoms with Crippen LogP contribution in [-0.4, -0.2) is 30.8 Å². The number of hydrogen-bond donors (Lipinski definition) is 2. The molecule has 0 aliphatic carbocycles. The smallest absolute Gasteiger partial charge is 0.257 e. The van der Waals surface area contributed by atoms with Gasteiger partial charge in [0.15, 0.2) is 6.61 Å². The monoisotopic (exact) mass is 347 g/mol. The van der Waals surface area contributed by atoms with Crippen LogP contribution in [0.3, 0.4) is 0 Å². The molecule has 0 saturated heterocycles. The van der Waals surface area contributed by atoms with Gasteiger partial charge in [-0.2, -0.15) is 0 Å². The lowest BCUT2D eigenvalue weighted by Crippen LogP contribution is -2.32. The molecule has 0 aliphatic heterocycles. The van der Waals surface area contributed by atoms with E-state index in [9.17, 15) is 4.79 Å². The molecule has 0 bridgehead atoms. The normalized spacial score (nSPS) is 11.8. The van der Waals surface area contributed by atoms with E-state index < -0.39 is 0 Å². The van der Waals surface area contributed by atoms with E-state index in [1.165, 1.54) is 0 Å². The number of benzene rings is 2. The summed E-state index contributed by atoms with van der Waals surface area (Å²) in [6.45, 7) is 2.52. The van der Waals surface area contributed by atoms with Crippen LogP contribution >= 0.6 is 11.6 Å². The molecule has 2 aromatic carbocycles. The van der Waals surface area contributed by atoms with E-state index >= 15 is 0 Å². The molecule has 2 N–H and O–H groups in total. The van der Waals surface area contributed by atoms with Gasteiger partial charge in [-0.15, -0.1) is 0 Å². The van der Waals surface area contributed by atoms with Crippen LogP contribution in [0, 0.1) is 5.92 Å². The van der Waals surface area contributed by atoms with E-state index in [-0.39, 0.29) is 25.0 Å². The Morgan fingerprint density at radius 3 is 2.62 bits per heavy atom. The Balaban J connectivity index is 1.88. The molecule has 4 nitrogen and oxygen atoms in total. The van der Waals surface area contributed by atoms with Gasteiger partial charge < -0.3 is 15.2 Å². The summed E-state index contributed by atoms with van der Waals surface area (Å²) >= 11 is 6.25.